The number of likely N-dealkylation sites (tertiary alicyclic amines) is 1. The van der Waals surface area contributed by atoms with Gasteiger partial charge < -0.3 is 20.2 Å². The van der Waals surface area contributed by atoms with Gasteiger partial charge in [-0.05, 0) is 80.1 Å². The van der Waals surface area contributed by atoms with Crippen molar-refractivity contribution >= 4 is 5.78 Å². The molecule has 33 heavy (non-hydrogen) atoms. The number of aliphatic hydroxyl groups is 1. The Balaban J connectivity index is 1.46. The molecule has 2 atom stereocenters. The molecule has 4 rings (SSSR count). The fourth-order valence-electron chi connectivity index (χ4n) is 5.14. The van der Waals surface area contributed by atoms with E-state index in [2.05, 4.69) is 11.9 Å². The smallest absolute Gasteiger partial charge is 0.163 e. The summed E-state index contributed by atoms with van der Waals surface area (Å²) in [4.78, 5) is 17.2. The quantitative estimate of drug-likeness (QED) is 0.559. The number of hydrogen-bond donors (Lipinski definition) is 3. The van der Waals surface area contributed by atoms with Gasteiger partial charge in [0.2, 0.25) is 0 Å². The largest absolute Gasteiger partial charge is 0.508 e. The second-order valence-corrected chi connectivity index (χ2v) is 10.1. The van der Waals surface area contributed by atoms with Gasteiger partial charge in [-0.25, -0.2) is 0 Å². The zero-order chi connectivity index (χ0) is 23.7. The monoisotopic (exact) mass is 452 g/mol. The molecule has 0 spiro atoms. The number of aromatic hydroxyl groups is 2. The summed E-state index contributed by atoms with van der Waals surface area (Å²) in [6.07, 6.45) is 2.92. The molecule has 1 saturated heterocycles. The highest BCUT2D eigenvalue weighted by Crippen LogP contribution is 2.39. The van der Waals surface area contributed by atoms with Crippen LogP contribution >= 0.6 is 0 Å². The molecule has 2 aliphatic heterocycles. The summed E-state index contributed by atoms with van der Waals surface area (Å²) in [6.45, 7) is 7.12. The Morgan fingerprint density at radius 1 is 1.00 bits per heavy atom. The number of rotatable bonds is 6. The van der Waals surface area contributed by atoms with Crippen LogP contribution in [-0.2, 0) is 13.1 Å². The van der Waals surface area contributed by atoms with Crippen molar-refractivity contribution in [2.75, 3.05) is 20.1 Å². The van der Waals surface area contributed by atoms with Gasteiger partial charge in [0.05, 0.1) is 0 Å². The first-order chi connectivity index (χ1) is 15.7. The van der Waals surface area contributed by atoms with Gasteiger partial charge in [0.1, 0.15) is 17.7 Å². The number of phenolic OH excluding ortho intramolecular Hbond substituents is 2. The van der Waals surface area contributed by atoms with E-state index in [1.54, 1.807) is 6.07 Å². The molecule has 2 unspecified atom stereocenters. The number of carbonyl (C=O) groups excluding carboxylic acids is 1. The van der Waals surface area contributed by atoms with Gasteiger partial charge in [0.25, 0.3) is 0 Å². The van der Waals surface area contributed by atoms with E-state index < -0.39 is 6.23 Å². The summed E-state index contributed by atoms with van der Waals surface area (Å²) in [6, 6.07) is 8.87. The van der Waals surface area contributed by atoms with E-state index in [-0.39, 0.29) is 23.2 Å². The van der Waals surface area contributed by atoms with Crippen molar-refractivity contribution in [3.05, 3.63) is 58.1 Å². The lowest BCUT2D eigenvalue weighted by Crippen LogP contribution is -2.23. The predicted molar refractivity (Wildman–Crippen MR) is 128 cm³/mol. The van der Waals surface area contributed by atoms with Gasteiger partial charge in [-0.15, -0.1) is 0 Å². The molecule has 2 aliphatic rings. The number of benzene rings is 2. The molecule has 0 saturated carbocycles. The minimum atomic E-state index is -1.00. The Kier molecular flexibility index (Phi) is 7.07. The van der Waals surface area contributed by atoms with E-state index in [4.69, 9.17) is 0 Å². The molecular weight excluding hydrogens is 416 g/mol. The molecule has 2 heterocycles. The summed E-state index contributed by atoms with van der Waals surface area (Å²) in [5.74, 6) is 0.623. The third-order valence-corrected chi connectivity index (χ3v) is 7.24. The molecule has 0 aliphatic carbocycles. The standard InChI is InChI=1S/C27H36N2O4/c1-17(2)22-13-23(26(32)14-25(22)31)27(33)29-15-20-7-6-19(12-21(20)16-29)24(30)11-18-5-4-9-28(3)10-8-18/h6-7,12-14,17-18,27,31-33H,4-5,8-11,15-16H2,1-3H3. The molecular formula is C27H36N2O4. The second-order valence-electron chi connectivity index (χ2n) is 10.1. The van der Waals surface area contributed by atoms with Gasteiger partial charge in [-0.3, -0.25) is 9.69 Å². The first kappa shape index (κ1) is 23.7. The van der Waals surface area contributed by atoms with E-state index >= 15 is 0 Å². The highest BCUT2D eigenvalue weighted by Gasteiger charge is 2.29. The van der Waals surface area contributed by atoms with Gasteiger partial charge in [0.15, 0.2) is 5.78 Å². The number of fused-ring (bicyclic) bond motifs is 1. The second kappa shape index (κ2) is 9.84. The molecule has 2 aromatic rings. The summed E-state index contributed by atoms with van der Waals surface area (Å²) in [5, 5.41) is 31.5. The van der Waals surface area contributed by atoms with Crippen LogP contribution in [0, 0.1) is 5.92 Å². The number of aliphatic hydroxyl groups excluding tert-OH is 1. The molecule has 0 aromatic heterocycles. The van der Waals surface area contributed by atoms with Crippen LogP contribution in [0.15, 0.2) is 30.3 Å². The Hall–Kier alpha value is -2.41. The lowest BCUT2D eigenvalue weighted by molar-refractivity contribution is -0.00339. The number of ketones is 1. The highest BCUT2D eigenvalue weighted by atomic mass is 16.3. The molecule has 0 amide bonds. The van der Waals surface area contributed by atoms with Crippen LogP contribution in [0.1, 0.15) is 84.3 Å². The van der Waals surface area contributed by atoms with Crippen LogP contribution in [0.2, 0.25) is 0 Å². The molecule has 178 valence electrons. The fraction of sp³-hybridized carbons (Fsp3) is 0.519. The van der Waals surface area contributed by atoms with E-state index in [1.165, 1.54) is 6.07 Å². The van der Waals surface area contributed by atoms with Crippen molar-refractivity contribution in [3.8, 4) is 11.5 Å². The molecule has 6 heteroatoms. The van der Waals surface area contributed by atoms with E-state index in [1.807, 2.05) is 36.9 Å². The summed E-state index contributed by atoms with van der Waals surface area (Å²) in [5.41, 5.74) is 3.96. The van der Waals surface area contributed by atoms with Crippen LogP contribution in [0.4, 0.5) is 0 Å². The first-order valence-electron chi connectivity index (χ1n) is 12.0. The maximum Gasteiger partial charge on any atom is 0.163 e. The Labute approximate surface area is 196 Å². The SMILES string of the molecule is CC(C)c1cc(C(O)N2Cc3ccc(C(=O)CC4CCCN(C)CC4)cc3C2)c(O)cc1O. The number of hydrogen-bond acceptors (Lipinski definition) is 6. The van der Waals surface area contributed by atoms with Crippen LogP contribution < -0.4 is 0 Å². The first-order valence-corrected chi connectivity index (χ1v) is 12.0. The molecule has 2 aromatic carbocycles. The van der Waals surface area contributed by atoms with Crippen LogP contribution in [0.3, 0.4) is 0 Å². The van der Waals surface area contributed by atoms with Crippen molar-refractivity contribution < 1.29 is 20.1 Å². The number of phenols is 2. The topological polar surface area (TPSA) is 84.2 Å². The maximum atomic E-state index is 13.0. The van der Waals surface area contributed by atoms with Crippen molar-refractivity contribution in [3.63, 3.8) is 0 Å². The van der Waals surface area contributed by atoms with Crippen LogP contribution in [-0.4, -0.2) is 51.0 Å². The Morgan fingerprint density at radius 3 is 2.48 bits per heavy atom. The third kappa shape index (κ3) is 5.24. The normalized spacial score (nSPS) is 20.6. The Morgan fingerprint density at radius 2 is 1.73 bits per heavy atom. The van der Waals surface area contributed by atoms with Crippen LogP contribution in [0.25, 0.3) is 0 Å². The van der Waals surface area contributed by atoms with Gasteiger partial charge in [-0.1, -0.05) is 26.0 Å². The zero-order valence-electron chi connectivity index (χ0n) is 19.9. The fourth-order valence-corrected chi connectivity index (χ4v) is 5.14. The summed E-state index contributed by atoms with van der Waals surface area (Å²) in [7, 11) is 2.15. The van der Waals surface area contributed by atoms with E-state index in [0.29, 0.717) is 36.6 Å². The number of nitrogens with zero attached hydrogens (tertiary/aromatic N) is 2. The predicted octanol–water partition coefficient (Wildman–Crippen LogP) is 4.53. The molecule has 3 N–H and O–H groups in total. The average molecular weight is 453 g/mol. The molecule has 1 fully saturated rings. The third-order valence-electron chi connectivity index (χ3n) is 7.24. The van der Waals surface area contributed by atoms with E-state index in [9.17, 15) is 20.1 Å². The summed E-state index contributed by atoms with van der Waals surface area (Å²) < 4.78 is 0. The number of Topliss-reactive ketones (excluding diaryl/α,β-unsaturated/α-hetero) is 1. The van der Waals surface area contributed by atoms with Crippen molar-refractivity contribution in [2.24, 2.45) is 5.92 Å². The van der Waals surface area contributed by atoms with E-state index in [0.717, 1.165) is 49.0 Å². The van der Waals surface area contributed by atoms with Crippen LogP contribution in [0.5, 0.6) is 11.5 Å². The van der Waals surface area contributed by atoms with Crippen molar-refractivity contribution in [1.82, 2.24) is 9.80 Å². The highest BCUT2D eigenvalue weighted by molar-refractivity contribution is 5.96. The lowest BCUT2D eigenvalue weighted by atomic mass is 9.91. The average Bonchev–Trinajstić information content (AvgIpc) is 3.09. The molecule has 0 radical (unpaired) electrons. The minimum Gasteiger partial charge on any atom is -0.508 e. The molecule has 6 nitrogen and oxygen atoms in total. The van der Waals surface area contributed by atoms with Gasteiger partial charge >= 0.3 is 0 Å². The number of carbonyl (C=O) groups is 1. The lowest BCUT2D eigenvalue weighted by Gasteiger charge is -2.24. The van der Waals surface area contributed by atoms with Crippen molar-refractivity contribution in [2.45, 2.75) is 64.8 Å². The summed E-state index contributed by atoms with van der Waals surface area (Å²) >= 11 is 0. The van der Waals surface area contributed by atoms with Crippen molar-refractivity contribution in [1.29, 1.82) is 0 Å². The molecule has 0 bridgehead atoms. The van der Waals surface area contributed by atoms with Gasteiger partial charge in [-0.2, -0.15) is 0 Å². The Bertz CT molecular complexity index is 1020. The maximum absolute atomic E-state index is 13.0. The minimum absolute atomic E-state index is 0.0339. The zero-order valence-corrected chi connectivity index (χ0v) is 19.9. The van der Waals surface area contributed by atoms with Gasteiger partial charge in [0, 0.05) is 36.7 Å².